The standard InChI is InChI=1S/C22H19ClN4O2/c1-15-6-3-11-21(27-22(28)26(2)24-25-27)20(15)14-29-19-10-5-8-17(13-19)16-7-4-9-18(23)12-16/h3-13H,14H2,1-2H3. The normalized spacial score (nSPS) is 10.9. The van der Waals surface area contributed by atoms with E-state index < -0.39 is 0 Å². The predicted molar refractivity (Wildman–Crippen MR) is 113 cm³/mol. The Morgan fingerprint density at radius 2 is 1.69 bits per heavy atom. The number of rotatable bonds is 5. The van der Waals surface area contributed by atoms with Gasteiger partial charge in [-0.2, -0.15) is 9.36 Å². The second-order valence-electron chi connectivity index (χ2n) is 6.70. The van der Waals surface area contributed by atoms with Crippen molar-refractivity contribution in [2.24, 2.45) is 7.05 Å². The Labute approximate surface area is 172 Å². The van der Waals surface area contributed by atoms with E-state index in [0.29, 0.717) is 17.3 Å². The number of tetrazole rings is 1. The first-order valence-corrected chi connectivity index (χ1v) is 9.47. The molecule has 0 saturated heterocycles. The zero-order valence-electron chi connectivity index (χ0n) is 16.0. The van der Waals surface area contributed by atoms with E-state index in [4.69, 9.17) is 16.3 Å². The van der Waals surface area contributed by atoms with E-state index in [-0.39, 0.29) is 5.69 Å². The molecule has 3 aromatic carbocycles. The van der Waals surface area contributed by atoms with Gasteiger partial charge in [0.15, 0.2) is 0 Å². The van der Waals surface area contributed by atoms with Gasteiger partial charge >= 0.3 is 5.69 Å². The number of hydrogen-bond donors (Lipinski definition) is 0. The molecule has 0 radical (unpaired) electrons. The van der Waals surface area contributed by atoms with E-state index in [1.54, 1.807) is 7.05 Å². The molecule has 29 heavy (non-hydrogen) atoms. The van der Waals surface area contributed by atoms with E-state index >= 15 is 0 Å². The molecule has 6 nitrogen and oxygen atoms in total. The van der Waals surface area contributed by atoms with E-state index in [0.717, 1.165) is 28.0 Å². The van der Waals surface area contributed by atoms with Gasteiger partial charge in [-0.05, 0) is 64.4 Å². The fourth-order valence-electron chi connectivity index (χ4n) is 3.13. The van der Waals surface area contributed by atoms with Gasteiger partial charge in [-0.25, -0.2) is 4.79 Å². The highest BCUT2D eigenvalue weighted by Crippen LogP contribution is 2.27. The lowest BCUT2D eigenvalue weighted by Crippen LogP contribution is -2.23. The molecule has 0 amide bonds. The maximum Gasteiger partial charge on any atom is 0.368 e. The van der Waals surface area contributed by atoms with Crippen molar-refractivity contribution in [1.82, 2.24) is 19.8 Å². The third-order valence-electron chi connectivity index (χ3n) is 4.71. The molecule has 0 atom stereocenters. The average molecular weight is 407 g/mol. The van der Waals surface area contributed by atoms with Gasteiger partial charge < -0.3 is 4.74 Å². The summed E-state index contributed by atoms with van der Waals surface area (Å²) in [6.45, 7) is 2.27. The van der Waals surface area contributed by atoms with Crippen LogP contribution in [0.3, 0.4) is 0 Å². The van der Waals surface area contributed by atoms with Crippen LogP contribution in [-0.2, 0) is 13.7 Å². The number of benzene rings is 3. The topological polar surface area (TPSA) is 61.9 Å². The summed E-state index contributed by atoms with van der Waals surface area (Å²) < 4.78 is 8.55. The van der Waals surface area contributed by atoms with Gasteiger partial charge in [-0.1, -0.05) is 48.0 Å². The Bertz CT molecular complexity index is 1230. The molecule has 0 N–H and O–H groups in total. The van der Waals surface area contributed by atoms with Crippen molar-refractivity contribution in [2.45, 2.75) is 13.5 Å². The summed E-state index contributed by atoms with van der Waals surface area (Å²) in [5, 5.41) is 8.44. The predicted octanol–water partition coefficient (Wildman–Crippen LogP) is 4.17. The summed E-state index contributed by atoms with van der Waals surface area (Å²) in [6, 6.07) is 21.2. The number of aryl methyl sites for hydroxylation is 2. The van der Waals surface area contributed by atoms with Crippen LogP contribution in [0.4, 0.5) is 0 Å². The smallest absolute Gasteiger partial charge is 0.368 e. The first kappa shape index (κ1) is 19.0. The first-order valence-electron chi connectivity index (χ1n) is 9.09. The van der Waals surface area contributed by atoms with Gasteiger partial charge in [-0.3, -0.25) is 0 Å². The van der Waals surface area contributed by atoms with Gasteiger partial charge in [0.2, 0.25) is 0 Å². The molecule has 1 heterocycles. The monoisotopic (exact) mass is 406 g/mol. The highest BCUT2D eigenvalue weighted by molar-refractivity contribution is 6.30. The molecule has 0 aliphatic heterocycles. The van der Waals surface area contributed by atoms with Crippen molar-refractivity contribution in [1.29, 1.82) is 0 Å². The number of nitrogens with zero attached hydrogens (tertiary/aromatic N) is 4. The molecule has 0 aliphatic rings. The average Bonchev–Trinajstić information content (AvgIpc) is 3.05. The molecule has 7 heteroatoms. The van der Waals surface area contributed by atoms with Gasteiger partial charge in [0.25, 0.3) is 0 Å². The summed E-state index contributed by atoms with van der Waals surface area (Å²) in [7, 11) is 1.57. The molecule has 4 rings (SSSR count). The molecule has 146 valence electrons. The second-order valence-corrected chi connectivity index (χ2v) is 7.13. The van der Waals surface area contributed by atoms with E-state index in [9.17, 15) is 4.79 Å². The lowest BCUT2D eigenvalue weighted by atomic mass is 10.1. The summed E-state index contributed by atoms with van der Waals surface area (Å²) >= 11 is 6.11. The highest BCUT2D eigenvalue weighted by atomic mass is 35.5. The van der Waals surface area contributed by atoms with Crippen LogP contribution in [0.15, 0.2) is 71.5 Å². The molecule has 0 bridgehead atoms. The Morgan fingerprint density at radius 1 is 0.966 bits per heavy atom. The summed E-state index contributed by atoms with van der Waals surface area (Å²) in [5.74, 6) is 0.725. The van der Waals surface area contributed by atoms with E-state index in [1.807, 2.05) is 73.7 Å². The number of aromatic nitrogens is 4. The van der Waals surface area contributed by atoms with Gasteiger partial charge in [0.1, 0.15) is 12.4 Å². The maximum absolute atomic E-state index is 12.3. The van der Waals surface area contributed by atoms with Crippen LogP contribution in [0.25, 0.3) is 16.8 Å². The van der Waals surface area contributed by atoms with Crippen molar-refractivity contribution in [2.75, 3.05) is 0 Å². The maximum atomic E-state index is 12.3. The van der Waals surface area contributed by atoms with Crippen LogP contribution in [-0.4, -0.2) is 19.8 Å². The summed E-state index contributed by atoms with van der Waals surface area (Å²) in [6.07, 6.45) is 0. The SMILES string of the molecule is Cc1cccc(-n2nnn(C)c2=O)c1COc1cccc(-c2cccc(Cl)c2)c1. The molecule has 0 fully saturated rings. The zero-order chi connectivity index (χ0) is 20.4. The summed E-state index contributed by atoms with van der Waals surface area (Å²) in [5.41, 5.74) is 4.27. The number of halogens is 1. The van der Waals surface area contributed by atoms with Crippen molar-refractivity contribution >= 4 is 11.6 Å². The quantitative estimate of drug-likeness (QED) is 0.499. The molecule has 1 aromatic heterocycles. The fraction of sp³-hybridized carbons (Fsp3) is 0.136. The molecular formula is C22H19ClN4O2. The molecule has 0 unspecified atom stereocenters. The Kier molecular flexibility index (Phi) is 5.18. The van der Waals surface area contributed by atoms with Crippen LogP contribution in [0, 0.1) is 6.92 Å². The van der Waals surface area contributed by atoms with Gasteiger partial charge in [-0.15, -0.1) is 0 Å². The van der Waals surface area contributed by atoms with E-state index in [1.165, 1.54) is 9.36 Å². The molecule has 0 spiro atoms. The van der Waals surface area contributed by atoms with Gasteiger partial charge in [0, 0.05) is 17.6 Å². The van der Waals surface area contributed by atoms with Crippen LogP contribution >= 0.6 is 11.6 Å². The Balaban J connectivity index is 1.63. The second kappa shape index (κ2) is 7.93. The first-order chi connectivity index (χ1) is 14.0. The molecule has 4 aromatic rings. The van der Waals surface area contributed by atoms with Crippen LogP contribution in [0.2, 0.25) is 5.02 Å². The largest absolute Gasteiger partial charge is 0.489 e. The van der Waals surface area contributed by atoms with Crippen molar-refractivity contribution in [3.8, 4) is 22.6 Å². The summed E-state index contributed by atoms with van der Waals surface area (Å²) in [4.78, 5) is 12.3. The van der Waals surface area contributed by atoms with Crippen molar-refractivity contribution in [3.05, 3.63) is 93.4 Å². The zero-order valence-corrected chi connectivity index (χ0v) is 16.8. The van der Waals surface area contributed by atoms with Crippen molar-refractivity contribution in [3.63, 3.8) is 0 Å². The van der Waals surface area contributed by atoms with Crippen molar-refractivity contribution < 1.29 is 4.74 Å². The van der Waals surface area contributed by atoms with E-state index in [2.05, 4.69) is 10.4 Å². The Morgan fingerprint density at radius 3 is 2.41 bits per heavy atom. The third-order valence-corrected chi connectivity index (χ3v) is 4.95. The molecule has 0 aliphatic carbocycles. The highest BCUT2D eigenvalue weighted by Gasteiger charge is 2.13. The Hall–Kier alpha value is -3.38. The number of hydrogen-bond acceptors (Lipinski definition) is 4. The van der Waals surface area contributed by atoms with Crippen LogP contribution in [0.5, 0.6) is 5.75 Å². The minimum absolute atomic E-state index is 0.296. The fourth-order valence-corrected chi connectivity index (χ4v) is 3.32. The minimum Gasteiger partial charge on any atom is -0.489 e. The molecule has 0 saturated carbocycles. The lowest BCUT2D eigenvalue weighted by molar-refractivity contribution is 0.305. The number of ether oxygens (including phenoxy) is 1. The van der Waals surface area contributed by atoms with Crippen LogP contribution < -0.4 is 10.4 Å². The lowest BCUT2D eigenvalue weighted by Gasteiger charge is -2.13. The van der Waals surface area contributed by atoms with Gasteiger partial charge in [0.05, 0.1) is 5.69 Å². The molecular weight excluding hydrogens is 388 g/mol. The van der Waals surface area contributed by atoms with Crippen LogP contribution in [0.1, 0.15) is 11.1 Å². The third kappa shape index (κ3) is 3.93. The minimum atomic E-state index is -0.306.